The van der Waals surface area contributed by atoms with Gasteiger partial charge in [-0.15, -0.1) is 0 Å². The summed E-state index contributed by atoms with van der Waals surface area (Å²) in [6, 6.07) is 9.41. The maximum absolute atomic E-state index is 5.20. The first kappa shape index (κ1) is 14.4. The Morgan fingerprint density at radius 2 is 1.68 bits per heavy atom. The first-order valence-electron chi connectivity index (χ1n) is 7.60. The number of nitrogens with one attached hydrogen (secondary N) is 1. The molecule has 1 aliphatic rings. The molecule has 2 nitrogen and oxygen atoms in total. The van der Waals surface area contributed by atoms with E-state index in [0.29, 0.717) is 12.1 Å². The average Bonchev–Trinajstić information content (AvgIpc) is 2.48. The monoisotopic (exact) mass is 261 g/mol. The largest absolute Gasteiger partial charge is 0.497 e. The van der Waals surface area contributed by atoms with E-state index in [2.05, 4.69) is 31.3 Å². The summed E-state index contributed by atoms with van der Waals surface area (Å²) in [5.74, 6) is 1.78. The summed E-state index contributed by atoms with van der Waals surface area (Å²) in [6.45, 7) is 4.59. The molecule has 0 aromatic heterocycles. The maximum atomic E-state index is 5.20. The van der Waals surface area contributed by atoms with E-state index in [1.54, 1.807) is 7.11 Å². The minimum Gasteiger partial charge on any atom is -0.497 e. The molecule has 1 unspecified atom stereocenters. The predicted molar refractivity (Wildman–Crippen MR) is 80.6 cm³/mol. The van der Waals surface area contributed by atoms with Crippen LogP contribution in [0.4, 0.5) is 0 Å². The van der Waals surface area contributed by atoms with Crippen molar-refractivity contribution in [3.63, 3.8) is 0 Å². The van der Waals surface area contributed by atoms with Gasteiger partial charge in [0.1, 0.15) is 5.75 Å². The summed E-state index contributed by atoms with van der Waals surface area (Å²) in [7, 11) is 1.71. The van der Waals surface area contributed by atoms with Crippen LogP contribution in [-0.4, -0.2) is 13.2 Å². The number of hydrogen-bond acceptors (Lipinski definition) is 2. The molecule has 0 aliphatic heterocycles. The molecule has 1 aromatic carbocycles. The summed E-state index contributed by atoms with van der Waals surface area (Å²) in [4.78, 5) is 0. The van der Waals surface area contributed by atoms with E-state index in [4.69, 9.17) is 4.74 Å². The average molecular weight is 261 g/mol. The first-order chi connectivity index (χ1) is 9.20. The highest BCUT2D eigenvalue weighted by atomic mass is 16.5. The molecule has 19 heavy (non-hydrogen) atoms. The third kappa shape index (κ3) is 3.97. The molecule has 0 saturated heterocycles. The molecule has 1 N–H and O–H groups in total. The third-order valence-corrected chi connectivity index (χ3v) is 4.49. The summed E-state index contributed by atoms with van der Waals surface area (Å²) < 4.78 is 5.20. The molecule has 0 amide bonds. The lowest BCUT2D eigenvalue weighted by molar-refractivity contribution is 0.268. The van der Waals surface area contributed by atoms with E-state index in [9.17, 15) is 0 Å². The molecule has 1 fully saturated rings. The number of benzene rings is 1. The smallest absolute Gasteiger partial charge is 0.118 e. The van der Waals surface area contributed by atoms with Crippen LogP contribution in [-0.2, 0) is 0 Å². The third-order valence-electron chi connectivity index (χ3n) is 4.49. The van der Waals surface area contributed by atoms with Gasteiger partial charge in [0, 0.05) is 12.1 Å². The van der Waals surface area contributed by atoms with Crippen molar-refractivity contribution in [3.05, 3.63) is 29.8 Å². The Morgan fingerprint density at radius 1 is 1.05 bits per heavy atom. The van der Waals surface area contributed by atoms with Crippen molar-refractivity contribution in [2.75, 3.05) is 7.11 Å². The van der Waals surface area contributed by atoms with Gasteiger partial charge < -0.3 is 10.1 Å². The SMILES string of the molecule is COc1ccc([C@@H](C)NC(C)C2CCCCC2)cc1. The lowest BCUT2D eigenvalue weighted by atomic mass is 9.84. The molecular weight excluding hydrogens is 234 g/mol. The zero-order chi connectivity index (χ0) is 13.7. The summed E-state index contributed by atoms with van der Waals surface area (Å²) in [6.07, 6.45) is 7.03. The highest BCUT2D eigenvalue weighted by molar-refractivity contribution is 5.28. The topological polar surface area (TPSA) is 21.3 Å². The molecule has 2 atom stereocenters. The van der Waals surface area contributed by atoms with Gasteiger partial charge in [-0.25, -0.2) is 0 Å². The first-order valence-corrected chi connectivity index (χ1v) is 7.60. The number of rotatable bonds is 5. The molecule has 0 spiro atoms. The van der Waals surface area contributed by atoms with Crippen molar-refractivity contribution in [1.82, 2.24) is 5.32 Å². The van der Waals surface area contributed by atoms with Crippen molar-refractivity contribution in [2.45, 2.75) is 58.0 Å². The van der Waals surface area contributed by atoms with E-state index < -0.39 is 0 Å². The molecule has 1 aromatic rings. The fourth-order valence-corrected chi connectivity index (χ4v) is 3.15. The second-order valence-corrected chi connectivity index (χ2v) is 5.85. The minimum absolute atomic E-state index is 0.405. The van der Waals surface area contributed by atoms with Crippen molar-refractivity contribution in [1.29, 1.82) is 0 Å². The Kier molecular flexibility index (Phi) is 5.26. The molecule has 2 rings (SSSR count). The number of methoxy groups -OCH3 is 1. The van der Waals surface area contributed by atoms with Gasteiger partial charge in [-0.1, -0.05) is 31.4 Å². The Morgan fingerprint density at radius 3 is 2.26 bits per heavy atom. The Bertz CT molecular complexity index is 367. The van der Waals surface area contributed by atoms with Crippen LogP contribution in [0.1, 0.15) is 57.6 Å². The van der Waals surface area contributed by atoms with Crippen LogP contribution in [0.2, 0.25) is 0 Å². The van der Waals surface area contributed by atoms with Crippen molar-refractivity contribution >= 4 is 0 Å². The molecule has 1 aliphatic carbocycles. The lowest BCUT2D eigenvalue weighted by Crippen LogP contribution is -2.36. The number of ether oxygens (including phenoxy) is 1. The molecular formula is C17H27NO. The quantitative estimate of drug-likeness (QED) is 0.852. The Hall–Kier alpha value is -1.02. The summed E-state index contributed by atoms with van der Waals surface area (Å²) in [5, 5.41) is 3.76. The van der Waals surface area contributed by atoms with E-state index >= 15 is 0 Å². The van der Waals surface area contributed by atoms with Crippen LogP contribution in [0, 0.1) is 5.92 Å². The molecule has 0 radical (unpaired) electrons. The highest BCUT2D eigenvalue weighted by Gasteiger charge is 2.21. The van der Waals surface area contributed by atoms with E-state index in [1.165, 1.54) is 37.7 Å². The molecule has 106 valence electrons. The fraction of sp³-hybridized carbons (Fsp3) is 0.647. The zero-order valence-electron chi connectivity index (χ0n) is 12.5. The zero-order valence-corrected chi connectivity index (χ0v) is 12.5. The van der Waals surface area contributed by atoms with E-state index in [-0.39, 0.29) is 0 Å². The van der Waals surface area contributed by atoms with Crippen LogP contribution in [0.15, 0.2) is 24.3 Å². The van der Waals surface area contributed by atoms with Gasteiger partial charge >= 0.3 is 0 Å². The van der Waals surface area contributed by atoms with E-state index in [1.807, 2.05) is 12.1 Å². The van der Waals surface area contributed by atoms with Crippen LogP contribution in [0.5, 0.6) is 5.75 Å². The summed E-state index contributed by atoms with van der Waals surface area (Å²) >= 11 is 0. The minimum atomic E-state index is 0.405. The second kappa shape index (κ2) is 6.95. The van der Waals surface area contributed by atoms with Crippen molar-refractivity contribution in [2.24, 2.45) is 5.92 Å². The second-order valence-electron chi connectivity index (χ2n) is 5.85. The fourth-order valence-electron chi connectivity index (χ4n) is 3.15. The van der Waals surface area contributed by atoms with Crippen LogP contribution < -0.4 is 10.1 Å². The van der Waals surface area contributed by atoms with Gasteiger partial charge in [0.05, 0.1) is 7.11 Å². The van der Waals surface area contributed by atoms with Gasteiger partial charge in [-0.05, 0) is 50.3 Å². The van der Waals surface area contributed by atoms with Crippen molar-refractivity contribution < 1.29 is 4.74 Å². The van der Waals surface area contributed by atoms with Crippen LogP contribution in [0.3, 0.4) is 0 Å². The predicted octanol–water partition coefficient (Wildman–Crippen LogP) is 4.31. The number of hydrogen-bond donors (Lipinski definition) is 1. The molecule has 1 saturated carbocycles. The lowest BCUT2D eigenvalue weighted by Gasteiger charge is -2.30. The van der Waals surface area contributed by atoms with Crippen molar-refractivity contribution in [3.8, 4) is 5.75 Å². The molecule has 0 bridgehead atoms. The molecule has 0 heterocycles. The van der Waals surface area contributed by atoms with E-state index in [0.717, 1.165) is 11.7 Å². The highest BCUT2D eigenvalue weighted by Crippen LogP contribution is 2.28. The Labute approximate surface area is 117 Å². The van der Waals surface area contributed by atoms with Gasteiger partial charge in [0.15, 0.2) is 0 Å². The summed E-state index contributed by atoms with van der Waals surface area (Å²) in [5.41, 5.74) is 1.34. The standard InChI is InChI=1S/C17H27NO/c1-13(15-7-5-4-6-8-15)18-14(2)16-9-11-17(19-3)12-10-16/h9-15,18H,4-8H2,1-3H3/t13?,14-/m1/s1. The van der Waals surface area contributed by atoms with Gasteiger partial charge in [-0.3, -0.25) is 0 Å². The Balaban J connectivity index is 1.89. The van der Waals surface area contributed by atoms with Crippen LogP contribution in [0.25, 0.3) is 0 Å². The van der Waals surface area contributed by atoms with Gasteiger partial charge in [0.25, 0.3) is 0 Å². The normalized spacial score (nSPS) is 19.9. The van der Waals surface area contributed by atoms with Gasteiger partial charge in [-0.2, -0.15) is 0 Å². The maximum Gasteiger partial charge on any atom is 0.118 e. The van der Waals surface area contributed by atoms with Gasteiger partial charge in [0.2, 0.25) is 0 Å². The molecule has 2 heteroatoms. The van der Waals surface area contributed by atoms with Crippen LogP contribution >= 0.6 is 0 Å².